The number of halogens is 1. The van der Waals surface area contributed by atoms with E-state index in [1.165, 1.54) is 0 Å². The average Bonchev–Trinajstić information content (AvgIpc) is 2.84. The van der Waals surface area contributed by atoms with Gasteiger partial charge in [-0.2, -0.15) is 0 Å². The second-order valence-electron chi connectivity index (χ2n) is 10.3. The fourth-order valence-electron chi connectivity index (χ4n) is 3.56. The van der Waals surface area contributed by atoms with Crippen LogP contribution in [0.1, 0.15) is 63.8 Å². The van der Waals surface area contributed by atoms with E-state index in [1.54, 1.807) is 24.6 Å². The van der Waals surface area contributed by atoms with Crippen molar-refractivity contribution >= 4 is 23.8 Å². The van der Waals surface area contributed by atoms with E-state index in [2.05, 4.69) is 9.98 Å². The van der Waals surface area contributed by atoms with Gasteiger partial charge >= 0.3 is 19.5 Å². The largest absolute Gasteiger partial charge is 2.00 e. The van der Waals surface area contributed by atoms with Gasteiger partial charge < -0.3 is 44.4 Å². The number of hydrogen-bond donors (Lipinski definition) is 2. The molecule has 0 saturated heterocycles. The predicted molar refractivity (Wildman–Crippen MR) is 148 cm³/mol. The second kappa shape index (κ2) is 17.5. The van der Waals surface area contributed by atoms with Gasteiger partial charge in [0, 0.05) is 32.7 Å². The summed E-state index contributed by atoms with van der Waals surface area (Å²) in [5.74, 6) is -0.0376. The Bertz CT molecular complexity index is 1230. The molecule has 0 amide bonds. The van der Waals surface area contributed by atoms with Crippen molar-refractivity contribution < 1.29 is 68.4 Å². The van der Waals surface area contributed by atoms with Gasteiger partial charge in [0.25, 0.3) is 0 Å². The second-order valence-corrected chi connectivity index (χ2v) is 10.3. The molecule has 0 aliphatic carbocycles. The molecule has 0 radical (unpaired) electrons. The number of aromatic nitrogens is 1. The van der Waals surface area contributed by atoms with E-state index in [0.29, 0.717) is 22.5 Å². The zero-order chi connectivity index (χ0) is 28.4. The van der Waals surface area contributed by atoms with E-state index < -0.39 is 0 Å². The Morgan fingerprint density at radius 2 is 1.08 bits per heavy atom. The van der Waals surface area contributed by atoms with E-state index in [-0.39, 0.29) is 65.8 Å². The Kier molecular flexibility index (Phi) is 17.5. The Morgan fingerprint density at radius 3 is 1.46 bits per heavy atom. The molecule has 0 spiro atoms. The fourth-order valence-corrected chi connectivity index (χ4v) is 3.56. The summed E-state index contributed by atoms with van der Waals surface area (Å²) in [4.78, 5) is 9.14. The molecule has 0 saturated carbocycles. The van der Waals surface area contributed by atoms with Crippen molar-refractivity contribution in [1.82, 2.24) is 0 Å². The van der Waals surface area contributed by atoms with Crippen molar-refractivity contribution in [2.24, 2.45) is 17.0 Å². The maximum atomic E-state index is 12.9. The number of hydrogen-bond acceptors (Lipinski definition) is 6. The third-order valence-electron chi connectivity index (χ3n) is 5.45. The number of aliphatic imine (C=N–C) groups is 2. The van der Waals surface area contributed by atoms with Crippen molar-refractivity contribution in [3.05, 3.63) is 77.1 Å². The van der Waals surface area contributed by atoms with E-state index in [0.717, 1.165) is 25.3 Å². The zero-order valence-corrected chi connectivity index (χ0v) is 29.6. The minimum Gasteiger partial charge on any atom is -1.00 e. The first kappa shape index (κ1) is 38.9. The number of aryl methyl sites for hydroxylation is 1. The van der Waals surface area contributed by atoms with Gasteiger partial charge in [0.1, 0.15) is 12.7 Å². The summed E-state index contributed by atoms with van der Waals surface area (Å²) in [6, 6.07) is 12.9. The first-order chi connectivity index (χ1) is 17.4. The molecule has 0 unspecified atom stereocenters. The molecular formula is C30H40IN3O4Zn. The Morgan fingerprint density at radius 1 is 0.692 bits per heavy atom. The Hall–Kier alpha value is -2.20. The van der Waals surface area contributed by atoms with Crippen molar-refractivity contribution in [2.75, 3.05) is 14.2 Å². The summed E-state index contributed by atoms with van der Waals surface area (Å²) in [5.41, 5.74) is 3.31. The number of nitrogens with zero attached hydrogens (tertiary/aromatic N) is 3. The Balaban J connectivity index is 0. The molecule has 2 N–H and O–H groups in total. The molecule has 1 aromatic heterocycles. The summed E-state index contributed by atoms with van der Waals surface area (Å²) in [7, 11) is 3.90. The van der Waals surface area contributed by atoms with Crippen LogP contribution in [0.2, 0.25) is 0 Å². The molecule has 1 heterocycles. The molecular weight excluding hydrogens is 659 g/mol. The smallest absolute Gasteiger partial charge is 1.00 e. The maximum absolute atomic E-state index is 12.9. The van der Waals surface area contributed by atoms with Crippen molar-refractivity contribution in [1.29, 1.82) is 0 Å². The van der Waals surface area contributed by atoms with Crippen LogP contribution in [0.3, 0.4) is 0 Å². The van der Waals surface area contributed by atoms with Gasteiger partial charge in [-0.05, 0) is 33.1 Å². The van der Waals surface area contributed by atoms with E-state index in [9.17, 15) is 10.2 Å². The van der Waals surface area contributed by atoms with Crippen molar-refractivity contribution in [3.63, 3.8) is 0 Å². The standard InChI is InChI=1S/C28H33N3O2.2CH4O.HI.Zn/c1-27(2,3)21-12-8-10-19(25(21)32)16-29-23-14-15-31(7)18-24(23)30-17-20-11-9-13-22(26(20)33)28(4,5)6;2*1-2;;/h8-18,33H,1-7H3;2*2H,1H3;1H;/q;;;;+2/p-2. The molecule has 0 aliphatic heterocycles. The van der Waals surface area contributed by atoms with Gasteiger partial charge in [-0.1, -0.05) is 89.4 Å². The number of benzene rings is 2. The topological polar surface area (TPSA) is 115 Å². The van der Waals surface area contributed by atoms with Gasteiger partial charge in [0.15, 0.2) is 18.1 Å². The van der Waals surface area contributed by atoms with Crippen molar-refractivity contribution in [2.45, 2.75) is 52.4 Å². The predicted octanol–water partition coefficient (Wildman–Crippen LogP) is 0.973. The first-order valence-corrected chi connectivity index (χ1v) is 12.0. The fraction of sp³-hybridized carbons (Fsp3) is 0.367. The van der Waals surface area contributed by atoms with E-state index in [1.807, 2.05) is 95.9 Å². The van der Waals surface area contributed by atoms with Gasteiger partial charge in [-0.3, -0.25) is 4.99 Å². The van der Waals surface area contributed by atoms with Gasteiger partial charge in [0.05, 0.1) is 0 Å². The van der Waals surface area contributed by atoms with E-state index >= 15 is 0 Å². The maximum Gasteiger partial charge on any atom is 2.00 e. The van der Waals surface area contributed by atoms with Crippen LogP contribution >= 0.6 is 0 Å². The third-order valence-corrected chi connectivity index (χ3v) is 5.45. The van der Waals surface area contributed by atoms with Crippen molar-refractivity contribution in [3.8, 4) is 11.5 Å². The number of aliphatic hydroxyl groups excluding tert-OH is 2. The average molecular weight is 699 g/mol. The molecule has 2 aromatic carbocycles. The van der Waals surface area contributed by atoms with Gasteiger partial charge in [0.2, 0.25) is 0 Å². The third kappa shape index (κ3) is 11.1. The molecule has 7 nitrogen and oxygen atoms in total. The monoisotopic (exact) mass is 697 g/mol. The van der Waals surface area contributed by atoms with E-state index in [4.69, 9.17) is 10.2 Å². The summed E-state index contributed by atoms with van der Waals surface area (Å²) < 4.78 is 1.87. The molecule has 3 aromatic rings. The molecule has 0 atom stereocenters. The molecule has 0 aliphatic rings. The SMILES string of the molecule is CO.CO.C[n+]1ccc(N=Cc2cccc(C(C)(C)C)c2[O-])c(N=Cc2cccc(C(C)(C)C)c2[O-])c1.[I-].[Zn+2]. The van der Waals surface area contributed by atoms with Crippen LogP contribution in [0.15, 0.2) is 64.8 Å². The molecule has 39 heavy (non-hydrogen) atoms. The van der Waals surface area contributed by atoms with Crippen LogP contribution in [0.4, 0.5) is 11.4 Å². The number of pyridine rings is 1. The molecule has 9 heteroatoms. The first-order valence-electron chi connectivity index (χ1n) is 12.0. The number of rotatable bonds is 4. The molecule has 0 bridgehead atoms. The molecule has 0 fully saturated rings. The van der Waals surface area contributed by atoms with Gasteiger partial charge in [-0.25, -0.2) is 9.56 Å². The van der Waals surface area contributed by atoms with Crippen LogP contribution < -0.4 is 38.8 Å². The minimum absolute atomic E-state index is 0. The van der Waals surface area contributed by atoms with Crippen LogP contribution in [0.25, 0.3) is 0 Å². The normalized spacial score (nSPS) is 11.1. The number of aliphatic hydroxyl groups is 2. The minimum atomic E-state index is -0.243. The Labute approximate surface area is 263 Å². The van der Waals surface area contributed by atoms with Crippen LogP contribution in [0.5, 0.6) is 11.5 Å². The quantitative estimate of drug-likeness (QED) is 0.183. The summed E-state index contributed by atoms with van der Waals surface area (Å²) in [5, 5.41) is 39.8. The molecule has 3 rings (SSSR count). The van der Waals surface area contributed by atoms with Gasteiger partial charge in [-0.15, -0.1) is 0 Å². The molecule has 208 valence electrons. The summed E-state index contributed by atoms with van der Waals surface area (Å²) in [6.07, 6.45) is 6.88. The van der Waals surface area contributed by atoms with Crippen LogP contribution in [0, 0.1) is 0 Å². The summed E-state index contributed by atoms with van der Waals surface area (Å²) in [6.45, 7) is 12.1. The van der Waals surface area contributed by atoms with Crippen LogP contribution in [-0.4, -0.2) is 36.9 Å². The van der Waals surface area contributed by atoms with Crippen LogP contribution in [-0.2, 0) is 37.4 Å². The number of para-hydroxylation sites is 2. The zero-order valence-electron chi connectivity index (χ0n) is 24.5. The summed E-state index contributed by atoms with van der Waals surface area (Å²) >= 11 is 0.